The number of rotatable bonds is 10. The SMILES string of the molecule is CO[C@@]1(NC(=O)CCC[C@@H]([NH3+])C(=O)[O-])C(=O)N2C(C(=O)[O-])=C(COC(N)=O)CS[C@@H]21. The first-order valence-corrected chi connectivity index (χ1v) is 9.81. The maximum atomic E-state index is 12.8. The molecule has 1 fully saturated rings. The normalized spacial score (nSPS) is 23.9. The molecule has 0 aromatic rings. The van der Waals surface area contributed by atoms with E-state index in [1.165, 1.54) is 7.11 Å². The summed E-state index contributed by atoms with van der Waals surface area (Å²) in [5.41, 5.74) is 6.12. The summed E-state index contributed by atoms with van der Waals surface area (Å²) in [6, 6.07) is -0.972. The first-order chi connectivity index (χ1) is 14.0. The standard InChI is InChI=1S/C16H22N4O9S/c1-28-16(19-9(21)4-2-3-8(17)11(22)23)13(26)20-10(12(24)25)7(5-29-15(18)27)6-30-14(16)20/h8,14H,2-6,17H2,1H3,(H2,18,27)(H,19,21)(H,22,23)(H,24,25)/p-1/t8-,14-,16+/m1/s1. The summed E-state index contributed by atoms with van der Waals surface area (Å²) in [6.07, 6.45) is -0.920. The maximum absolute atomic E-state index is 12.8. The molecule has 13 nitrogen and oxygen atoms in total. The number of carbonyl (C=O) groups excluding carboxylic acids is 5. The zero-order valence-electron chi connectivity index (χ0n) is 16.0. The van der Waals surface area contributed by atoms with Gasteiger partial charge in [-0.3, -0.25) is 14.5 Å². The van der Waals surface area contributed by atoms with Gasteiger partial charge in [-0.2, -0.15) is 0 Å². The van der Waals surface area contributed by atoms with Gasteiger partial charge in [-0.25, -0.2) is 4.79 Å². The number of primary amides is 1. The van der Waals surface area contributed by atoms with Crippen molar-refractivity contribution in [2.75, 3.05) is 19.5 Å². The molecule has 1 saturated heterocycles. The highest BCUT2D eigenvalue weighted by Crippen LogP contribution is 2.46. The van der Waals surface area contributed by atoms with Crippen LogP contribution in [-0.4, -0.2) is 71.4 Å². The molecule has 6 N–H and O–H groups in total. The number of carboxylic acids is 2. The molecule has 3 amide bonds. The molecular weight excluding hydrogens is 424 g/mol. The van der Waals surface area contributed by atoms with Crippen molar-refractivity contribution in [2.24, 2.45) is 5.73 Å². The largest absolute Gasteiger partial charge is 0.544 e. The van der Waals surface area contributed by atoms with Crippen LogP contribution in [-0.2, 0) is 28.7 Å². The molecule has 14 heteroatoms. The molecule has 2 aliphatic rings. The van der Waals surface area contributed by atoms with Crippen molar-refractivity contribution < 1.29 is 49.4 Å². The van der Waals surface area contributed by atoms with Gasteiger partial charge in [0.25, 0.3) is 11.6 Å². The van der Waals surface area contributed by atoms with Crippen LogP contribution < -0.4 is 27.0 Å². The van der Waals surface area contributed by atoms with E-state index in [4.69, 9.17) is 10.5 Å². The average Bonchev–Trinajstić information content (AvgIpc) is 2.68. The Balaban J connectivity index is 2.11. The fraction of sp³-hybridized carbons (Fsp3) is 0.562. The number of hydrogen-bond acceptors (Lipinski definition) is 10. The number of aliphatic carboxylic acids is 2. The van der Waals surface area contributed by atoms with Crippen LogP contribution in [0.4, 0.5) is 4.79 Å². The number of methoxy groups -OCH3 is 1. The predicted molar refractivity (Wildman–Crippen MR) is 94.1 cm³/mol. The van der Waals surface area contributed by atoms with E-state index < -0.39 is 59.3 Å². The van der Waals surface area contributed by atoms with Crippen LogP contribution in [0.1, 0.15) is 19.3 Å². The van der Waals surface area contributed by atoms with Gasteiger partial charge in [0.05, 0.1) is 17.6 Å². The molecule has 0 aromatic carbocycles. The van der Waals surface area contributed by atoms with Gasteiger partial charge in [0.15, 0.2) is 0 Å². The van der Waals surface area contributed by atoms with Crippen LogP contribution in [0.3, 0.4) is 0 Å². The lowest BCUT2D eigenvalue weighted by atomic mass is 9.97. The van der Waals surface area contributed by atoms with Gasteiger partial charge in [-0.15, -0.1) is 11.8 Å². The number of amides is 3. The number of fused-ring (bicyclic) bond motifs is 1. The molecule has 2 aliphatic heterocycles. The highest BCUT2D eigenvalue weighted by molar-refractivity contribution is 8.00. The molecule has 0 aliphatic carbocycles. The molecule has 0 spiro atoms. The van der Waals surface area contributed by atoms with E-state index in [0.29, 0.717) is 0 Å². The Kier molecular flexibility index (Phi) is 7.28. The lowest BCUT2D eigenvalue weighted by Gasteiger charge is -2.56. The Morgan fingerprint density at radius 1 is 1.40 bits per heavy atom. The molecule has 30 heavy (non-hydrogen) atoms. The molecule has 0 unspecified atom stereocenters. The van der Waals surface area contributed by atoms with Gasteiger partial charge in [-0.1, -0.05) is 0 Å². The second-order valence-electron chi connectivity index (χ2n) is 6.58. The van der Waals surface area contributed by atoms with Crippen molar-refractivity contribution in [3.63, 3.8) is 0 Å². The minimum Gasteiger partial charge on any atom is -0.544 e. The van der Waals surface area contributed by atoms with E-state index >= 15 is 0 Å². The summed E-state index contributed by atoms with van der Waals surface area (Å²) >= 11 is 1.09. The molecule has 2 heterocycles. The Morgan fingerprint density at radius 3 is 2.60 bits per heavy atom. The Labute approximate surface area is 174 Å². The molecule has 0 aromatic heterocycles. The summed E-state index contributed by atoms with van der Waals surface area (Å²) in [6.45, 7) is -0.431. The molecule has 0 bridgehead atoms. The number of quaternary nitrogens is 1. The zero-order chi connectivity index (χ0) is 22.6. The van der Waals surface area contributed by atoms with Crippen molar-refractivity contribution in [3.05, 3.63) is 11.3 Å². The third-order valence-electron chi connectivity index (χ3n) is 4.63. The van der Waals surface area contributed by atoms with Gasteiger partial charge in [0.1, 0.15) is 18.0 Å². The van der Waals surface area contributed by atoms with E-state index in [2.05, 4.69) is 15.8 Å². The topological polar surface area (TPSA) is 219 Å². The number of ether oxygens (including phenoxy) is 2. The van der Waals surface area contributed by atoms with Crippen LogP contribution in [0.15, 0.2) is 11.3 Å². The second kappa shape index (κ2) is 9.32. The maximum Gasteiger partial charge on any atom is 0.404 e. The smallest absolute Gasteiger partial charge is 0.404 e. The molecule has 0 saturated carbocycles. The molecule has 2 rings (SSSR count). The van der Waals surface area contributed by atoms with E-state index in [0.717, 1.165) is 16.7 Å². The second-order valence-corrected chi connectivity index (χ2v) is 7.65. The first-order valence-electron chi connectivity index (χ1n) is 8.76. The van der Waals surface area contributed by atoms with Crippen molar-refractivity contribution in [1.29, 1.82) is 0 Å². The Hall–Kier alpha value is -2.84. The van der Waals surface area contributed by atoms with E-state index in [9.17, 15) is 34.2 Å². The predicted octanol–water partition coefficient (Wildman–Crippen LogP) is -5.01. The van der Waals surface area contributed by atoms with E-state index in [1.807, 2.05) is 0 Å². The number of β-lactam (4-membered cyclic amide) rings is 1. The first kappa shape index (κ1) is 23.4. The number of hydrogen-bond donors (Lipinski definition) is 3. The van der Waals surface area contributed by atoms with Crippen LogP contribution in [0.25, 0.3) is 0 Å². The molecular formula is C16H21N4O9S-. The lowest BCUT2D eigenvalue weighted by molar-refractivity contribution is -0.438. The van der Waals surface area contributed by atoms with Crippen LogP contribution in [0.5, 0.6) is 0 Å². The number of carbonyl (C=O) groups is 5. The Bertz CT molecular complexity index is 802. The highest BCUT2D eigenvalue weighted by Gasteiger charge is 2.65. The minimum absolute atomic E-state index is 0.0564. The quantitative estimate of drug-likeness (QED) is 0.215. The van der Waals surface area contributed by atoms with E-state index in [-0.39, 0.29) is 30.6 Å². The van der Waals surface area contributed by atoms with Gasteiger partial charge in [0.2, 0.25) is 5.91 Å². The molecule has 0 radical (unpaired) electrons. The highest BCUT2D eigenvalue weighted by atomic mass is 32.2. The number of carboxylic acid groups (broad SMARTS) is 2. The molecule has 3 atom stereocenters. The third-order valence-corrected chi connectivity index (χ3v) is 6.00. The van der Waals surface area contributed by atoms with Crippen molar-refractivity contribution >= 4 is 41.6 Å². The summed E-state index contributed by atoms with van der Waals surface area (Å²) < 4.78 is 9.87. The van der Waals surface area contributed by atoms with Gasteiger partial charge in [-0.05, 0) is 6.42 Å². The van der Waals surface area contributed by atoms with Crippen LogP contribution >= 0.6 is 11.8 Å². The fourth-order valence-corrected chi connectivity index (χ4v) is 4.52. The average molecular weight is 445 g/mol. The monoisotopic (exact) mass is 445 g/mol. The lowest BCUT2D eigenvalue weighted by Crippen LogP contribution is -2.81. The molecule has 166 valence electrons. The number of nitrogens with one attached hydrogen (secondary N) is 1. The summed E-state index contributed by atoms with van der Waals surface area (Å²) in [4.78, 5) is 59.0. The van der Waals surface area contributed by atoms with Gasteiger partial charge >= 0.3 is 6.09 Å². The van der Waals surface area contributed by atoms with Crippen molar-refractivity contribution in [3.8, 4) is 0 Å². The summed E-state index contributed by atoms with van der Waals surface area (Å²) in [5.74, 6) is -4.35. The minimum atomic E-state index is -1.79. The van der Waals surface area contributed by atoms with Gasteiger partial charge < -0.3 is 46.1 Å². The summed E-state index contributed by atoms with van der Waals surface area (Å²) in [5, 5.41) is 23.8. The summed E-state index contributed by atoms with van der Waals surface area (Å²) in [7, 11) is 1.19. The van der Waals surface area contributed by atoms with Crippen LogP contribution in [0.2, 0.25) is 0 Å². The van der Waals surface area contributed by atoms with Crippen molar-refractivity contribution in [2.45, 2.75) is 36.4 Å². The number of nitrogens with two attached hydrogens (primary N) is 1. The fourth-order valence-electron chi connectivity index (χ4n) is 3.10. The zero-order valence-corrected chi connectivity index (χ0v) is 16.8. The van der Waals surface area contributed by atoms with Crippen LogP contribution in [0, 0.1) is 0 Å². The van der Waals surface area contributed by atoms with E-state index in [1.54, 1.807) is 0 Å². The van der Waals surface area contributed by atoms with Gasteiger partial charge in [0, 0.05) is 31.3 Å². The number of nitrogens with zero attached hydrogens (tertiary/aromatic N) is 1. The van der Waals surface area contributed by atoms with Crippen molar-refractivity contribution in [1.82, 2.24) is 10.2 Å². The number of thioether (sulfide) groups is 1. The Morgan fingerprint density at radius 2 is 2.07 bits per heavy atom. The third kappa shape index (κ3) is 4.49.